The molecule has 1 unspecified atom stereocenters. The Kier molecular flexibility index (Phi) is 5.67. The number of methoxy groups -OCH3 is 1. The summed E-state index contributed by atoms with van der Waals surface area (Å²) in [5, 5.41) is 5.99. The molecule has 164 valence electrons. The molecule has 0 saturated carbocycles. The number of aromatic nitrogens is 2. The number of rotatable bonds is 3. The van der Waals surface area contributed by atoms with Crippen molar-refractivity contribution in [3.63, 3.8) is 0 Å². The van der Waals surface area contributed by atoms with Crippen LogP contribution in [0.4, 0.5) is 22.1 Å². The molecule has 0 aliphatic carbocycles. The third-order valence-electron chi connectivity index (χ3n) is 5.92. The Bertz CT molecular complexity index is 985. The molecule has 4 heterocycles. The molecule has 2 aromatic heterocycles. The first-order chi connectivity index (χ1) is 14.9. The van der Waals surface area contributed by atoms with Gasteiger partial charge in [0.1, 0.15) is 11.6 Å². The Morgan fingerprint density at radius 3 is 2.65 bits per heavy atom. The van der Waals surface area contributed by atoms with E-state index in [-0.39, 0.29) is 23.9 Å². The molecule has 31 heavy (non-hydrogen) atoms. The summed E-state index contributed by atoms with van der Waals surface area (Å²) < 4.78 is 4.67. The SMILES string of the molecule is COC(=O)Nc1cnc2c(c1)C(c1cccc(N3C[C@@H](C)N(C(C)=O)[C@@H](C)C3)n1)CN2. The van der Waals surface area contributed by atoms with E-state index < -0.39 is 6.09 Å². The highest BCUT2D eigenvalue weighted by Gasteiger charge is 2.32. The van der Waals surface area contributed by atoms with Crippen LogP contribution < -0.4 is 15.5 Å². The molecule has 0 aromatic carbocycles. The fraction of sp³-hybridized carbons (Fsp3) is 0.455. The highest BCUT2D eigenvalue weighted by molar-refractivity contribution is 5.84. The van der Waals surface area contributed by atoms with Gasteiger partial charge in [-0.15, -0.1) is 0 Å². The van der Waals surface area contributed by atoms with Gasteiger partial charge in [-0.1, -0.05) is 6.07 Å². The summed E-state index contributed by atoms with van der Waals surface area (Å²) in [5.41, 5.74) is 2.51. The Morgan fingerprint density at radius 1 is 1.23 bits per heavy atom. The number of nitrogens with zero attached hydrogens (tertiary/aromatic N) is 4. The summed E-state index contributed by atoms with van der Waals surface area (Å²) >= 11 is 0. The van der Waals surface area contributed by atoms with Crippen molar-refractivity contribution >= 4 is 29.3 Å². The monoisotopic (exact) mass is 424 g/mol. The van der Waals surface area contributed by atoms with Crippen LogP contribution >= 0.6 is 0 Å². The zero-order valence-electron chi connectivity index (χ0n) is 18.3. The minimum absolute atomic E-state index is 0.0233. The Hall–Kier alpha value is -3.36. The maximum absolute atomic E-state index is 12.0. The number of pyridine rings is 2. The highest BCUT2D eigenvalue weighted by atomic mass is 16.5. The summed E-state index contributed by atoms with van der Waals surface area (Å²) in [4.78, 5) is 37.1. The molecule has 4 rings (SSSR count). The molecular weight excluding hydrogens is 396 g/mol. The van der Waals surface area contributed by atoms with Crippen LogP contribution in [0.3, 0.4) is 0 Å². The number of anilines is 3. The maximum Gasteiger partial charge on any atom is 0.411 e. The third-order valence-corrected chi connectivity index (χ3v) is 5.92. The first kappa shape index (κ1) is 20.9. The molecule has 0 radical (unpaired) electrons. The molecule has 2 aliphatic heterocycles. The number of nitrogens with one attached hydrogen (secondary N) is 2. The Labute approximate surface area is 181 Å². The van der Waals surface area contributed by atoms with Crippen molar-refractivity contribution in [3.8, 4) is 0 Å². The van der Waals surface area contributed by atoms with Crippen LogP contribution in [0.25, 0.3) is 0 Å². The normalized spacial score (nSPS) is 22.5. The molecule has 2 amide bonds. The molecule has 2 N–H and O–H groups in total. The lowest BCUT2D eigenvalue weighted by Crippen LogP contribution is -2.58. The van der Waals surface area contributed by atoms with Crippen LogP contribution in [0.1, 0.15) is 37.9 Å². The molecule has 9 heteroatoms. The van der Waals surface area contributed by atoms with E-state index in [1.54, 1.807) is 13.1 Å². The van der Waals surface area contributed by atoms with Gasteiger partial charge in [-0.25, -0.2) is 14.8 Å². The Balaban J connectivity index is 1.57. The fourth-order valence-electron chi connectivity index (χ4n) is 4.65. The third kappa shape index (κ3) is 4.12. The van der Waals surface area contributed by atoms with Gasteiger partial charge >= 0.3 is 6.09 Å². The summed E-state index contributed by atoms with van der Waals surface area (Å²) in [6.45, 7) is 7.96. The van der Waals surface area contributed by atoms with Gasteiger partial charge in [-0.3, -0.25) is 10.1 Å². The second kappa shape index (κ2) is 8.41. The van der Waals surface area contributed by atoms with E-state index in [0.29, 0.717) is 12.2 Å². The van der Waals surface area contributed by atoms with Crippen molar-refractivity contribution in [2.75, 3.05) is 42.3 Å². The van der Waals surface area contributed by atoms with Gasteiger partial charge in [0.05, 0.1) is 24.7 Å². The first-order valence-electron chi connectivity index (χ1n) is 10.5. The number of hydrogen-bond donors (Lipinski definition) is 2. The van der Waals surface area contributed by atoms with E-state index in [4.69, 9.17) is 4.98 Å². The number of hydrogen-bond acceptors (Lipinski definition) is 7. The van der Waals surface area contributed by atoms with Crippen molar-refractivity contribution in [1.29, 1.82) is 0 Å². The first-order valence-corrected chi connectivity index (χ1v) is 10.5. The van der Waals surface area contributed by atoms with Gasteiger partial charge in [0.2, 0.25) is 5.91 Å². The van der Waals surface area contributed by atoms with E-state index in [9.17, 15) is 9.59 Å². The van der Waals surface area contributed by atoms with Gasteiger partial charge in [-0.2, -0.15) is 0 Å². The molecular formula is C22H28N6O3. The minimum atomic E-state index is -0.530. The smallest absolute Gasteiger partial charge is 0.411 e. The number of fused-ring (bicyclic) bond motifs is 1. The van der Waals surface area contributed by atoms with E-state index in [1.807, 2.05) is 29.2 Å². The van der Waals surface area contributed by atoms with Crippen LogP contribution in [0, 0.1) is 0 Å². The summed E-state index contributed by atoms with van der Waals surface area (Å²) in [5.74, 6) is 1.84. The molecule has 2 aliphatic rings. The van der Waals surface area contributed by atoms with Crippen LogP contribution in [0.5, 0.6) is 0 Å². The second-order valence-corrected chi connectivity index (χ2v) is 8.16. The van der Waals surface area contributed by atoms with E-state index >= 15 is 0 Å². The standard InChI is InChI=1S/C22H28N6O3/c1-13-11-27(12-14(2)28(13)15(3)29)20-7-5-6-19(26-20)18-10-24-21-17(18)8-16(9-23-21)25-22(30)31-4/h5-9,13-14,18H,10-12H2,1-4H3,(H,23,24)(H,25,30)/t13-,14+,18?. The molecule has 0 spiro atoms. The summed E-state index contributed by atoms with van der Waals surface area (Å²) in [7, 11) is 1.33. The second-order valence-electron chi connectivity index (χ2n) is 8.16. The molecule has 9 nitrogen and oxygen atoms in total. The van der Waals surface area contributed by atoms with Crippen molar-refractivity contribution in [2.24, 2.45) is 0 Å². The average molecular weight is 425 g/mol. The maximum atomic E-state index is 12.0. The van der Waals surface area contributed by atoms with Gasteiger partial charge in [0, 0.05) is 50.1 Å². The fourth-order valence-corrected chi connectivity index (χ4v) is 4.65. The van der Waals surface area contributed by atoms with Crippen molar-refractivity contribution < 1.29 is 14.3 Å². The molecule has 3 atom stereocenters. The van der Waals surface area contributed by atoms with Crippen molar-refractivity contribution in [2.45, 2.75) is 38.8 Å². The number of carbonyl (C=O) groups excluding carboxylic acids is 2. The van der Waals surface area contributed by atoms with Crippen LogP contribution in [-0.2, 0) is 9.53 Å². The highest BCUT2D eigenvalue weighted by Crippen LogP contribution is 2.36. The van der Waals surface area contributed by atoms with E-state index in [2.05, 4.69) is 39.1 Å². The predicted octanol–water partition coefficient (Wildman–Crippen LogP) is 2.66. The predicted molar refractivity (Wildman–Crippen MR) is 118 cm³/mol. The Morgan fingerprint density at radius 2 is 1.97 bits per heavy atom. The van der Waals surface area contributed by atoms with Gasteiger partial charge in [0.15, 0.2) is 0 Å². The summed E-state index contributed by atoms with van der Waals surface area (Å²) in [6, 6.07) is 8.21. The lowest BCUT2D eigenvalue weighted by Gasteiger charge is -2.44. The van der Waals surface area contributed by atoms with Crippen LogP contribution in [-0.4, -0.2) is 65.7 Å². The van der Waals surface area contributed by atoms with Crippen LogP contribution in [0.15, 0.2) is 30.5 Å². The number of piperazine rings is 1. The van der Waals surface area contributed by atoms with Gasteiger partial charge in [-0.05, 0) is 32.0 Å². The van der Waals surface area contributed by atoms with Crippen LogP contribution in [0.2, 0.25) is 0 Å². The summed E-state index contributed by atoms with van der Waals surface area (Å²) in [6.07, 6.45) is 1.07. The topological polar surface area (TPSA) is 99.7 Å². The zero-order chi connectivity index (χ0) is 22.1. The molecule has 1 saturated heterocycles. The van der Waals surface area contributed by atoms with Gasteiger partial charge in [0.25, 0.3) is 0 Å². The molecule has 0 bridgehead atoms. The average Bonchev–Trinajstić information content (AvgIpc) is 3.16. The molecule has 2 aromatic rings. The largest absolute Gasteiger partial charge is 0.453 e. The number of ether oxygens (including phenoxy) is 1. The van der Waals surface area contributed by atoms with Crippen molar-refractivity contribution in [1.82, 2.24) is 14.9 Å². The van der Waals surface area contributed by atoms with Gasteiger partial charge < -0.3 is 19.9 Å². The lowest BCUT2D eigenvalue weighted by molar-refractivity contribution is -0.133. The lowest BCUT2D eigenvalue weighted by atomic mass is 9.98. The molecule has 1 fully saturated rings. The van der Waals surface area contributed by atoms with E-state index in [1.165, 1.54) is 7.11 Å². The zero-order valence-corrected chi connectivity index (χ0v) is 18.3. The quantitative estimate of drug-likeness (QED) is 0.781. The minimum Gasteiger partial charge on any atom is -0.453 e. The number of carbonyl (C=O) groups is 2. The van der Waals surface area contributed by atoms with Crippen molar-refractivity contribution in [3.05, 3.63) is 41.7 Å². The number of amides is 2. The van der Waals surface area contributed by atoms with E-state index in [0.717, 1.165) is 36.0 Å².